The quantitative estimate of drug-likeness (QED) is 0.879. The van der Waals surface area contributed by atoms with Crippen molar-refractivity contribution >= 4 is 15.7 Å². The molecule has 2 aromatic rings. The Bertz CT molecular complexity index is 859. The van der Waals surface area contributed by atoms with Gasteiger partial charge < -0.3 is 5.32 Å². The van der Waals surface area contributed by atoms with Crippen LogP contribution in [0.1, 0.15) is 16.7 Å². The number of halogens is 3. The molecule has 25 heavy (non-hydrogen) atoms. The average molecular weight is 371 g/mol. The van der Waals surface area contributed by atoms with Crippen LogP contribution in [0, 0.1) is 0 Å². The Hall–Kier alpha value is -2.35. The molecule has 0 unspecified atom stereocenters. The molecule has 0 aliphatic carbocycles. The number of benzene rings is 2. The highest BCUT2D eigenvalue weighted by Gasteiger charge is 2.30. The molecular formula is C17H16F3NO3S. The normalized spacial score (nSPS) is 12.0. The first kappa shape index (κ1) is 19.0. The van der Waals surface area contributed by atoms with Gasteiger partial charge in [-0.1, -0.05) is 24.3 Å². The van der Waals surface area contributed by atoms with Crippen LogP contribution >= 0.6 is 0 Å². The van der Waals surface area contributed by atoms with Crippen LogP contribution in [0.25, 0.3) is 0 Å². The number of alkyl halides is 3. The first-order valence-electron chi connectivity index (χ1n) is 7.27. The van der Waals surface area contributed by atoms with Crippen LogP contribution in [0.5, 0.6) is 0 Å². The van der Waals surface area contributed by atoms with Crippen LogP contribution in [0.15, 0.2) is 53.4 Å². The van der Waals surface area contributed by atoms with Gasteiger partial charge in [-0.25, -0.2) is 8.42 Å². The van der Waals surface area contributed by atoms with Gasteiger partial charge in [-0.05, 0) is 35.4 Å². The monoisotopic (exact) mass is 371 g/mol. The molecule has 1 amide bonds. The molecule has 4 nitrogen and oxygen atoms in total. The number of hydrogen-bond acceptors (Lipinski definition) is 3. The summed E-state index contributed by atoms with van der Waals surface area (Å²) in [5.74, 6) is -0.371. The Kier molecular flexibility index (Phi) is 5.52. The summed E-state index contributed by atoms with van der Waals surface area (Å²) >= 11 is 0. The van der Waals surface area contributed by atoms with Crippen molar-refractivity contribution in [2.75, 3.05) is 6.26 Å². The van der Waals surface area contributed by atoms with Crippen LogP contribution in [-0.4, -0.2) is 20.6 Å². The summed E-state index contributed by atoms with van der Waals surface area (Å²) in [6.07, 6.45) is -3.34. The van der Waals surface area contributed by atoms with Gasteiger partial charge in [0.25, 0.3) is 0 Å². The first-order valence-corrected chi connectivity index (χ1v) is 9.17. The summed E-state index contributed by atoms with van der Waals surface area (Å²) in [4.78, 5) is 12.1. The molecule has 134 valence electrons. The molecule has 0 spiro atoms. The van der Waals surface area contributed by atoms with Crippen molar-refractivity contribution in [1.82, 2.24) is 5.32 Å². The summed E-state index contributed by atoms with van der Waals surface area (Å²) in [6.45, 7) is -0.0236. The second kappa shape index (κ2) is 7.26. The smallest absolute Gasteiger partial charge is 0.352 e. The van der Waals surface area contributed by atoms with E-state index in [1.165, 1.54) is 36.4 Å². The maximum atomic E-state index is 12.6. The van der Waals surface area contributed by atoms with E-state index in [4.69, 9.17) is 0 Å². The van der Waals surface area contributed by atoms with E-state index in [0.29, 0.717) is 11.1 Å². The average Bonchev–Trinajstić information content (AvgIpc) is 2.52. The minimum Gasteiger partial charge on any atom is -0.352 e. The van der Waals surface area contributed by atoms with Gasteiger partial charge in [-0.3, -0.25) is 4.79 Å². The summed E-state index contributed by atoms with van der Waals surface area (Å²) in [5, 5.41) is 2.55. The summed E-state index contributed by atoms with van der Waals surface area (Å²) < 4.78 is 60.7. The van der Waals surface area contributed by atoms with E-state index in [-0.39, 0.29) is 23.8 Å². The minimum atomic E-state index is -4.43. The second-order valence-corrected chi connectivity index (χ2v) is 7.58. The van der Waals surface area contributed by atoms with E-state index >= 15 is 0 Å². The molecule has 0 saturated heterocycles. The number of carbonyl (C=O) groups excluding carboxylic acids is 1. The van der Waals surface area contributed by atoms with Gasteiger partial charge in [0.1, 0.15) is 0 Å². The topological polar surface area (TPSA) is 63.2 Å². The summed E-state index contributed by atoms with van der Waals surface area (Å²) in [5.41, 5.74) is 0.181. The SMILES string of the molecule is CS(=O)(=O)c1ccc(CC(=O)NCc2cccc(C(F)(F)F)c2)cc1. The molecular weight excluding hydrogens is 355 g/mol. The fourth-order valence-corrected chi connectivity index (χ4v) is 2.79. The lowest BCUT2D eigenvalue weighted by Gasteiger charge is -2.10. The molecule has 1 N–H and O–H groups in total. The van der Waals surface area contributed by atoms with Crippen molar-refractivity contribution in [2.24, 2.45) is 0 Å². The van der Waals surface area contributed by atoms with Crippen molar-refractivity contribution < 1.29 is 26.4 Å². The van der Waals surface area contributed by atoms with Crippen LogP contribution in [-0.2, 0) is 33.8 Å². The fourth-order valence-electron chi connectivity index (χ4n) is 2.16. The standard InChI is InChI=1S/C17H16F3NO3S/c1-25(23,24)15-7-5-12(6-8-15)10-16(22)21-11-13-3-2-4-14(9-13)17(18,19)20/h2-9H,10-11H2,1H3,(H,21,22). The third-order valence-corrected chi connectivity index (χ3v) is 4.59. The highest BCUT2D eigenvalue weighted by Crippen LogP contribution is 2.29. The van der Waals surface area contributed by atoms with E-state index in [2.05, 4.69) is 5.32 Å². The van der Waals surface area contributed by atoms with Gasteiger partial charge in [0.15, 0.2) is 9.84 Å². The number of amides is 1. The zero-order valence-electron chi connectivity index (χ0n) is 13.3. The van der Waals surface area contributed by atoms with E-state index in [9.17, 15) is 26.4 Å². The number of nitrogens with one attached hydrogen (secondary N) is 1. The number of sulfone groups is 1. The highest BCUT2D eigenvalue weighted by atomic mass is 32.2. The third kappa shape index (κ3) is 5.60. The van der Waals surface area contributed by atoms with Gasteiger partial charge in [-0.15, -0.1) is 0 Å². The largest absolute Gasteiger partial charge is 0.416 e. The minimum absolute atomic E-state index is 0.00298. The van der Waals surface area contributed by atoms with Crippen molar-refractivity contribution in [3.63, 3.8) is 0 Å². The molecule has 0 bridgehead atoms. The van der Waals surface area contributed by atoms with Crippen molar-refractivity contribution in [3.8, 4) is 0 Å². The molecule has 0 aliphatic rings. The van der Waals surface area contributed by atoms with E-state index in [1.54, 1.807) is 0 Å². The maximum absolute atomic E-state index is 12.6. The molecule has 8 heteroatoms. The Morgan fingerprint density at radius 2 is 1.68 bits per heavy atom. The summed E-state index contributed by atoms with van der Waals surface area (Å²) in [6, 6.07) is 10.6. The highest BCUT2D eigenvalue weighted by molar-refractivity contribution is 7.90. The summed E-state index contributed by atoms with van der Waals surface area (Å²) in [7, 11) is -3.30. The maximum Gasteiger partial charge on any atom is 0.416 e. The molecule has 0 radical (unpaired) electrons. The van der Waals surface area contributed by atoms with Crippen LogP contribution in [0.4, 0.5) is 13.2 Å². The molecule has 0 atom stereocenters. The van der Waals surface area contributed by atoms with Gasteiger partial charge in [-0.2, -0.15) is 13.2 Å². The molecule has 0 aliphatic heterocycles. The first-order chi connectivity index (χ1) is 11.6. The van der Waals surface area contributed by atoms with Crippen LogP contribution in [0.2, 0.25) is 0 Å². The zero-order valence-corrected chi connectivity index (χ0v) is 14.1. The number of rotatable bonds is 5. The lowest BCUT2D eigenvalue weighted by atomic mass is 10.1. The van der Waals surface area contributed by atoms with Crippen molar-refractivity contribution in [2.45, 2.75) is 24.0 Å². The molecule has 0 aromatic heterocycles. The van der Waals surface area contributed by atoms with E-state index in [1.807, 2.05) is 0 Å². The van der Waals surface area contributed by atoms with Crippen LogP contribution in [0.3, 0.4) is 0 Å². The van der Waals surface area contributed by atoms with Gasteiger partial charge in [0, 0.05) is 12.8 Å². The Balaban J connectivity index is 1.95. The Labute approximate surface area is 143 Å². The molecule has 2 rings (SSSR count). The molecule has 0 fully saturated rings. The third-order valence-electron chi connectivity index (χ3n) is 3.46. The van der Waals surface area contributed by atoms with Crippen molar-refractivity contribution in [3.05, 3.63) is 65.2 Å². The van der Waals surface area contributed by atoms with E-state index < -0.39 is 21.6 Å². The predicted molar refractivity (Wildman–Crippen MR) is 86.5 cm³/mol. The Morgan fingerprint density at radius 1 is 1.04 bits per heavy atom. The Morgan fingerprint density at radius 3 is 2.24 bits per heavy atom. The zero-order chi connectivity index (χ0) is 18.7. The molecule has 0 saturated carbocycles. The predicted octanol–water partition coefficient (Wildman–Crippen LogP) is 2.97. The van der Waals surface area contributed by atoms with Crippen LogP contribution < -0.4 is 5.32 Å². The van der Waals surface area contributed by atoms with Gasteiger partial charge in [0.05, 0.1) is 16.9 Å². The fraction of sp³-hybridized carbons (Fsp3) is 0.235. The van der Waals surface area contributed by atoms with E-state index in [0.717, 1.165) is 18.4 Å². The lowest BCUT2D eigenvalue weighted by molar-refractivity contribution is -0.137. The molecule has 2 aromatic carbocycles. The lowest BCUT2D eigenvalue weighted by Crippen LogP contribution is -2.24. The number of carbonyl (C=O) groups is 1. The van der Waals surface area contributed by atoms with Gasteiger partial charge in [0.2, 0.25) is 5.91 Å². The van der Waals surface area contributed by atoms with Crippen molar-refractivity contribution in [1.29, 1.82) is 0 Å². The second-order valence-electron chi connectivity index (χ2n) is 5.57. The van der Waals surface area contributed by atoms with Gasteiger partial charge >= 0.3 is 6.18 Å². The number of hydrogen-bond donors (Lipinski definition) is 1. The molecule has 0 heterocycles.